The molecule has 1 heterocycles. The first kappa shape index (κ1) is 16.3. The summed E-state index contributed by atoms with van der Waals surface area (Å²) < 4.78 is 0. The first-order valence-electron chi connectivity index (χ1n) is 8.83. The molecule has 0 aromatic rings. The van der Waals surface area contributed by atoms with Crippen LogP contribution in [0.3, 0.4) is 0 Å². The first-order valence-corrected chi connectivity index (χ1v) is 8.83. The van der Waals surface area contributed by atoms with E-state index >= 15 is 0 Å². The maximum absolute atomic E-state index is 3.89. The lowest BCUT2D eigenvalue weighted by Gasteiger charge is -2.51. The maximum atomic E-state index is 3.89. The molecular weight excluding hydrogens is 244 g/mol. The van der Waals surface area contributed by atoms with E-state index in [1.54, 1.807) is 0 Å². The van der Waals surface area contributed by atoms with Gasteiger partial charge in [0.15, 0.2) is 0 Å². The molecular formula is C18H36N2. The third-order valence-electron chi connectivity index (χ3n) is 5.78. The van der Waals surface area contributed by atoms with Gasteiger partial charge in [-0.1, -0.05) is 41.0 Å². The van der Waals surface area contributed by atoms with Crippen LogP contribution in [0.25, 0.3) is 0 Å². The topological polar surface area (TPSA) is 15.3 Å². The summed E-state index contributed by atoms with van der Waals surface area (Å²) in [5.41, 5.74) is 1.01. The lowest BCUT2D eigenvalue weighted by Crippen LogP contribution is -2.60. The molecule has 0 bridgehead atoms. The van der Waals surface area contributed by atoms with Crippen molar-refractivity contribution in [3.63, 3.8) is 0 Å². The highest BCUT2D eigenvalue weighted by Crippen LogP contribution is 2.40. The molecule has 1 aliphatic carbocycles. The molecule has 0 radical (unpaired) electrons. The summed E-state index contributed by atoms with van der Waals surface area (Å²) in [5.74, 6) is 0. The Kier molecular flexibility index (Phi) is 5.18. The van der Waals surface area contributed by atoms with Crippen LogP contribution in [0, 0.1) is 10.8 Å². The highest BCUT2D eigenvalue weighted by Gasteiger charge is 2.42. The molecule has 118 valence electrons. The van der Waals surface area contributed by atoms with Gasteiger partial charge in [-0.3, -0.25) is 4.90 Å². The third kappa shape index (κ3) is 3.76. The van der Waals surface area contributed by atoms with Gasteiger partial charge in [0.05, 0.1) is 0 Å². The number of nitrogens with zero attached hydrogens (tertiary/aromatic N) is 1. The van der Waals surface area contributed by atoms with Crippen LogP contribution in [0.1, 0.15) is 73.1 Å². The van der Waals surface area contributed by atoms with Crippen LogP contribution in [-0.2, 0) is 0 Å². The number of likely N-dealkylation sites (tertiary alicyclic amines) is 1. The van der Waals surface area contributed by atoms with Crippen molar-refractivity contribution in [3.8, 4) is 0 Å². The van der Waals surface area contributed by atoms with Gasteiger partial charge in [0, 0.05) is 12.1 Å². The van der Waals surface area contributed by atoms with Crippen LogP contribution < -0.4 is 5.32 Å². The van der Waals surface area contributed by atoms with Crippen molar-refractivity contribution in [2.24, 2.45) is 10.8 Å². The van der Waals surface area contributed by atoms with Gasteiger partial charge in [0.2, 0.25) is 0 Å². The van der Waals surface area contributed by atoms with Crippen molar-refractivity contribution in [3.05, 3.63) is 0 Å². The Morgan fingerprint density at radius 1 is 1.05 bits per heavy atom. The van der Waals surface area contributed by atoms with Crippen LogP contribution in [0.2, 0.25) is 0 Å². The molecule has 1 saturated carbocycles. The predicted octanol–water partition coefficient (Wildman–Crippen LogP) is 4.06. The van der Waals surface area contributed by atoms with Crippen molar-refractivity contribution in [1.29, 1.82) is 0 Å². The van der Waals surface area contributed by atoms with Crippen LogP contribution in [0.4, 0.5) is 0 Å². The van der Waals surface area contributed by atoms with Gasteiger partial charge < -0.3 is 5.32 Å². The summed E-state index contributed by atoms with van der Waals surface area (Å²) in [6.07, 6.45) is 8.15. The molecule has 2 atom stereocenters. The number of nitrogens with one attached hydrogen (secondary N) is 1. The van der Waals surface area contributed by atoms with Crippen LogP contribution >= 0.6 is 0 Å². The van der Waals surface area contributed by atoms with Gasteiger partial charge in [-0.05, 0) is 62.6 Å². The molecule has 2 nitrogen and oxygen atoms in total. The highest BCUT2D eigenvalue weighted by atomic mass is 15.2. The summed E-state index contributed by atoms with van der Waals surface area (Å²) >= 11 is 0. The molecule has 2 heteroatoms. The van der Waals surface area contributed by atoms with E-state index in [4.69, 9.17) is 0 Å². The third-order valence-corrected chi connectivity index (χ3v) is 5.78. The second-order valence-electron chi connectivity index (χ2n) is 8.58. The number of piperidine rings is 1. The van der Waals surface area contributed by atoms with Crippen molar-refractivity contribution in [2.45, 2.75) is 85.2 Å². The second-order valence-corrected chi connectivity index (χ2v) is 8.58. The van der Waals surface area contributed by atoms with Crippen molar-refractivity contribution >= 4 is 0 Å². The quantitative estimate of drug-likeness (QED) is 0.835. The van der Waals surface area contributed by atoms with Crippen LogP contribution in [0.15, 0.2) is 0 Å². The Bertz CT molecular complexity index is 299. The van der Waals surface area contributed by atoms with E-state index in [9.17, 15) is 0 Å². The van der Waals surface area contributed by atoms with Gasteiger partial charge in [0.25, 0.3) is 0 Å². The maximum Gasteiger partial charge on any atom is 0.0274 e. The number of hydrogen-bond acceptors (Lipinski definition) is 2. The van der Waals surface area contributed by atoms with Gasteiger partial charge in [0.1, 0.15) is 0 Å². The molecule has 2 unspecified atom stereocenters. The van der Waals surface area contributed by atoms with Gasteiger partial charge in [-0.25, -0.2) is 0 Å². The smallest absolute Gasteiger partial charge is 0.0274 e. The molecule has 2 aliphatic rings. The molecule has 0 spiro atoms. The first-order chi connectivity index (χ1) is 9.36. The Morgan fingerprint density at radius 2 is 1.70 bits per heavy atom. The standard InChI is InChI=1S/C18H36N2/c1-6-12-19-16-15(8-7-9-18(16,4)5)20-13-10-17(2,3)11-14-20/h15-16,19H,6-14H2,1-5H3. The Hall–Kier alpha value is -0.0800. The fourth-order valence-electron chi connectivity index (χ4n) is 4.18. The monoisotopic (exact) mass is 280 g/mol. The summed E-state index contributed by atoms with van der Waals surface area (Å²) in [6, 6.07) is 1.44. The zero-order valence-electron chi connectivity index (χ0n) is 14.5. The number of rotatable bonds is 4. The Balaban J connectivity index is 2.03. The molecule has 1 saturated heterocycles. The van der Waals surface area contributed by atoms with E-state index in [0.717, 1.165) is 6.04 Å². The second kappa shape index (κ2) is 6.36. The minimum absolute atomic E-state index is 0.449. The fourth-order valence-corrected chi connectivity index (χ4v) is 4.18. The molecule has 0 aromatic carbocycles. The zero-order chi connectivity index (χ0) is 14.8. The minimum Gasteiger partial charge on any atom is -0.312 e. The SMILES string of the molecule is CCCNC1C(N2CCC(C)(C)CC2)CCCC1(C)C. The summed E-state index contributed by atoms with van der Waals surface area (Å²) in [5, 5.41) is 3.89. The van der Waals surface area contributed by atoms with Gasteiger partial charge >= 0.3 is 0 Å². The van der Waals surface area contributed by atoms with E-state index in [1.165, 1.54) is 58.2 Å². The molecule has 0 aromatic heterocycles. The van der Waals surface area contributed by atoms with E-state index < -0.39 is 0 Å². The zero-order valence-corrected chi connectivity index (χ0v) is 14.5. The molecule has 0 amide bonds. The van der Waals surface area contributed by atoms with Gasteiger partial charge in [-0.2, -0.15) is 0 Å². The van der Waals surface area contributed by atoms with Crippen LogP contribution in [0.5, 0.6) is 0 Å². The van der Waals surface area contributed by atoms with Gasteiger partial charge in [-0.15, -0.1) is 0 Å². The fraction of sp³-hybridized carbons (Fsp3) is 1.00. The Labute approximate surface area is 126 Å². The van der Waals surface area contributed by atoms with Crippen molar-refractivity contribution in [2.75, 3.05) is 19.6 Å². The minimum atomic E-state index is 0.449. The molecule has 2 fully saturated rings. The van der Waals surface area contributed by atoms with E-state index in [1.807, 2.05) is 0 Å². The molecule has 1 aliphatic heterocycles. The Morgan fingerprint density at radius 3 is 2.30 bits per heavy atom. The van der Waals surface area contributed by atoms with E-state index in [2.05, 4.69) is 44.8 Å². The predicted molar refractivity (Wildman–Crippen MR) is 88.1 cm³/mol. The molecule has 20 heavy (non-hydrogen) atoms. The summed E-state index contributed by atoms with van der Waals surface area (Å²) in [6.45, 7) is 15.9. The van der Waals surface area contributed by atoms with Crippen molar-refractivity contribution in [1.82, 2.24) is 10.2 Å². The average Bonchev–Trinajstić information content (AvgIpc) is 2.36. The lowest BCUT2D eigenvalue weighted by molar-refractivity contribution is 0.0156. The largest absolute Gasteiger partial charge is 0.312 e. The van der Waals surface area contributed by atoms with E-state index in [0.29, 0.717) is 16.9 Å². The lowest BCUT2D eigenvalue weighted by atomic mass is 9.69. The number of hydrogen-bond donors (Lipinski definition) is 1. The normalized spacial score (nSPS) is 34.0. The van der Waals surface area contributed by atoms with Crippen molar-refractivity contribution < 1.29 is 0 Å². The molecule has 1 N–H and O–H groups in total. The highest BCUT2D eigenvalue weighted by molar-refractivity contribution is 4.99. The summed E-state index contributed by atoms with van der Waals surface area (Å²) in [4.78, 5) is 2.81. The van der Waals surface area contributed by atoms with E-state index in [-0.39, 0.29) is 0 Å². The van der Waals surface area contributed by atoms with Crippen LogP contribution in [-0.4, -0.2) is 36.6 Å². The summed E-state index contributed by atoms with van der Waals surface area (Å²) in [7, 11) is 0. The average molecular weight is 280 g/mol. The molecule has 2 rings (SSSR count).